The molecule has 0 fully saturated rings. The summed E-state index contributed by atoms with van der Waals surface area (Å²) in [5, 5.41) is 3.07. The minimum atomic E-state index is -0.406. The van der Waals surface area contributed by atoms with Crippen LogP contribution in [0.4, 0.5) is 8.78 Å². The molecule has 0 unspecified atom stereocenters. The summed E-state index contributed by atoms with van der Waals surface area (Å²) in [7, 11) is 0. The van der Waals surface area contributed by atoms with E-state index in [0.717, 1.165) is 22.3 Å². The van der Waals surface area contributed by atoms with Crippen LogP contribution in [0.2, 0.25) is 0 Å². The first-order valence-electron chi connectivity index (χ1n) is 12.2. The number of rotatable bonds is 4. The van der Waals surface area contributed by atoms with Crippen LogP contribution in [-0.2, 0) is 23.0 Å². The fourth-order valence-electron chi connectivity index (χ4n) is 3.85. The third kappa shape index (κ3) is 10.3. The summed E-state index contributed by atoms with van der Waals surface area (Å²) in [6.45, 7) is 0. The van der Waals surface area contributed by atoms with Crippen molar-refractivity contribution in [2.45, 2.75) is 0 Å². The van der Waals surface area contributed by atoms with Gasteiger partial charge in [-0.2, -0.15) is 24.3 Å². The molecule has 0 nitrogen and oxygen atoms in total. The molecule has 0 aromatic heterocycles. The van der Waals surface area contributed by atoms with Crippen molar-refractivity contribution in [3.63, 3.8) is 0 Å². The number of hydrogen-bond acceptors (Lipinski definition) is 0. The molecule has 6 rings (SSSR count). The van der Waals surface area contributed by atoms with Gasteiger partial charge < -0.3 is 24.8 Å². The molecule has 6 heteroatoms. The molecule has 0 spiro atoms. The van der Waals surface area contributed by atoms with Gasteiger partial charge in [0, 0.05) is 0 Å². The van der Waals surface area contributed by atoms with Crippen molar-refractivity contribution in [1.29, 1.82) is 0 Å². The topological polar surface area (TPSA) is 0 Å². The molecule has 6 aromatic carbocycles. The van der Waals surface area contributed by atoms with E-state index >= 15 is 0 Å². The average molecular weight is 750 g/mol. The van der Waals surface area contributed by atoms with Crippen LogP contribution in [0.25, 0.3) is 22.3 Å². The van der Waals surface area contributed by atoms with E-state index in [9.17, 15) is 8.78 Å². The molecule has 0 aliphatic rings. The zero-order valence-corrected chi connectivity index (χ0v) is 27.6. The Morgan fingerprint density at radius 3 is 1.12 bits per heavy atom. The van der Waals surface area contributed by atoms with Crippen LogP contribution >= 0.6 is 0 Å². The van der Waals surface area contributed by atoms with Gasteiger partial charge in [-0.3, -0.25) is 0 Å². The van der Waals surface area contributed by atoms with Gasteiger partial charge in [-0.15, -0.1) is 47.5 Å². The van der Waals surface area contributed by atoms with Crippen LogP contribution in [0, 0.1) is 11.6 Å². The zero-order chi connectivity index (χ0) is 26.6. The Labute approximate surface area is 262 Å². The second-order valence-electron chi connectivity index (χ2n) is 8.47. The summed E-state index contributed by atoms with van der Waals surface area (Å²) >= 11 is 1.27. The quantitative estimate of drug-likeness (QED) is 0.191. The van der Waals surface area contributed by atoms with Crippen molar-refractivity contribution in [2.24, 2.45) is 0 Å². The predicted octanol–water partition coefficient (Wildman–Crippen LogP) is 1.77. The zero-order valence-electron chi connectivity index (χ0n) is 21.5. The number of hydrogen-bond donors (Lipinski definition) is 0. The van der Waals surface area contributed by atoms with Crippen molar-refractivity contribution in [1.82, 2.24) is 0 Å². The Morgan fingerprint density at radius 1 is 0.450 bits per heavy atom. The second-order valence-corrected chi connectivity index (χ2v) is 15.8. The van der Waals surface area contributed by atoms with Crippen LogP contribution in [0.3, 0.4) is 0 Å². The van der Waals surface area contributed by atoms with Gasteiger partial charge in [0.15, 0.2) is 0 Å². The van der Waals surface area contributed by atoms with E-state index < -0.39 is 5.49 Å². The SMILES string of the molecule is Fc1cccc(-[c-]2cccc2)c1.Fc1cccc(-[c-]2cccc2)c1.[Cl-].[Cl-].[Hf+2]=[Si](c1ccccc1)c1ccccc1. The fraction of sp³-hybridized carbons (Fsp3) is 0. The van der Waals surface area contributed by atoms with E-state index in [0.29, 0.717) is 0 Å². The first-order valence-corrected chi connectivity index (χ1v) is 19.1. The summed E-state index contributed by atoms with van der Waals surface area (Å²) in [6, 6.07) is 50.6. The van der Waals surface area contributed by atoms with Gasteiger partial charge in [0.05, 0.1) is 11.6 Å². The van der Waals surface area contributed by atoms with Gasteiger partial charge in [0.1, 0.15) is 0 Å². The molecule has 0 heterocycles. The Bertz CT molecular complexity index is 1420. The standard InChI is InChI=1S/C12H10Si.2C11H8F.2ClH.Hf/c1-3-7-11(8-4-1)13-12-9-5-2-6-10-12;2*12-11-7-3-6-10(8-11)9-4-1-2-5-9;;;/h1-10H;2*1-8H;2*1H;/q;2*-1;;;+2/p-2. The van der Waals surface area contributed by atoms with E-state index in [1.165, 1.54) is 57.6 Å². The van der Waals surface area contributed by atoms with E-state index in [1.54, 1.807) is 12.1 Å². The molecule has 40 heavy (non-hydrogen) atoms. The first kappa shape index (κ1) is 33.3. The van der Waals surface area contributed by atoms with Crippen molar-refractivity contribution in [3.8, 4) is 22.3 Å². The Balaban J connectivity index is 0.000000206. The molecule has 0 aliphatic heterocycles. The molecule has 200 valence electrons. The summed E-state index contributed by atoms with van der Waals surface area (Å²) in [6.07, 6.45) is 0. The van der Waals surface area contributed by atoms with Gasteiger partial charge in [0.2, 0.25) is 0 Å². The second kappa shape index (κ2) is 17.7. The molecule has 6 aromatic rings. The molecule has 0 aliphatic carbocycles. The first-order chi connectivity index (χ1) is 18.6. The molecule has 0 saturated heterocycles. The molecular formula is C34H26Cl2F2HfSi-2. The molecule has 0 N–H and O–H groups in total. The summed E-state index contributed by atoms with van der Waals surface area (Å²) in [4.78, 5) is 0. The van der Waals surface area contributed by atoms with E-state index in [-0.39, 0.29) is 36.4 Å². The maximum atomic E-state index is 12.8. The van der Waals surface area contributed by atoms with E-state index in [4.69, 9.17) is 0 Å². The number of benzene rings is 4. The van der Waals surface area contributed by atoms with Crippen LogP contribution in [-0.4, -0.2) is 5.49 Å². The summed E-state index contributed by atoms with van der Waals surface area (Å²) in [5.74, 6) is -0.373. The van der Waals surface area contributed by atoms with Crippen LogP contribution in [0.1, 0.15) is 0 Å². The molecule has 0 amide bonds. The Hall–Kier alpha value is -2.89. The molecule has 0 radical (unpaired) electrons. The summed E-state index contributed by atoms with van der Waals surface area (Å²) in [5.41, 5.74) is 3.58. The maximum absolute atomic E-state index is 12.8. The summed E-state index contributed by atoms with van der Waals surface area (Å²) < 4.78 is 25.5. The van der Waals surface area contributed by atoms with Crippen LogP contribution < -0.4 is 35.2 Å². The van der Waals surface area contributed by atoms with Gasteiger partial charge >= 0.3 is 99.5 Å². The molecule has 0 bridgehead atoms. The fourth-order valence-corrected chi connectivity index (χ4v) is 8.82. The normalized spacial score (nSPS) is 9.50. The van der Waals surface area contributed by atoms with Gasteiger partial charge in [-0.25, -0.2) is 8.78 Å². The van der Waals surface area contributed by atoms with Crippen molar-refractivity contribution < 1.29 is 56.6 Å². The Kier molecular flexibility index (Phi) is 14.8. The Morgan fingerprint density at radius 2 is 0.800 bits per heavy atom. The van der Waals surface area contributed by atoms with E-state index in [1.807, 2.05) is 60.7 Å². The van der Waals surface area contributed by atoms with Crippen LogP contribution in [0.5, 0.6) is 0 Å². The third-order valence-corrected chi connectivity index (χ3v) is 13.8. The van der Waals surface area contributed by atoms with Crippen molar-refractivity contribution >= 4 is 15.9 Å². The average Bonchev–Trinajstić information content (AvgIpc) is 3.70. The monoisotopic (exact) mass is 750 g/mol. The van der Waals surface area contributed by atoms with Crippen molar-refractivity contribution in [2.75, 3.05) is 0 Å². The predicted molar refractivity (Wildman–Crippen MR) is 153 cm³/mol. The van der Waals surface area contributed by atoms with Gasteiger partial charge in [-0.1, -0.05) is 35.4 Å². The van der Waals surface area contributed by atoms with Crippen molar-refractivity contribution in [3.05, 3.63) is 169 Å². The number of halogens is 4. The third-order valence-electron chi connectivity index (χ3n) is 5.77. The van der Waals surface area contributed by atoms with Gasteiger partial charge in [0.25, 0.3) is 0 Å². The van der Waals surface area contributed by atoms with Gasteiger partial charge in [-0.05, 0) is 12.1 Å². The van der Waals surface area contributed by atoms with Crippen LogP contribution in [0.15, 0.2) is 158 Å². The van der Waals surface area contributed by atoms with E-state index in [2.05, 4.69) is 60.7 Å². The minimum absolute atomic E-state index is 0. The molecule has 0 saturated carbocycles. The molecule has 0 atom stereocenters. The molecular weight excluding hydrogens is 724 g/mol.